The maximum atomic E-state index is 12.3. The van der Waals surface area contributed by atoms with E-state index in [1.807, 2.05) is 0 Å². The number of rotatable bonds is 2. The molecule has 1 aromatic heterocycles. The molecule has 0 radical (unpaired) electrons. The first-order valence-corrected chi connectivity index (χ1v) is 5.32. The van der Waals surface area contributed by atoms with Crippen molar-refractivity contribution in [2.45, 2.75) is 18.2 Å². The number of imidazole rings is 1. The second-order valence-corrected chi connectivity index (χ2v) is 4.16. The smallest absolute Gasteiger partial charge is 0.436 e. The minimum atomic E-state index is -5.16. The normalized spacial score (nSPS) is 23.8. The van der Waals surface area contributed by atoms with Crippen LogP contribution in [0, 0.1) is 0 Å². The number of hydrogen-bond donors (Lipinski definition) is 1. The monoisotopic (exact) mass is 277 g/mol. The predicted molar refractivity (Wildman–Crippen MR) is 54.7 cm³/mol. The Morgan fingerprint density at radius 1 is 1.58 bits per heavy atom. The third-order valence-corrected chi connectivity index (χ3v) is 2.92. The lowest BCUT2D eigenvalue weighted by Crippen LogP contribution is -2.44. The van der Waals surface area contributed by atoms with E-state index in [9.17, 15) is 22.8 Å². The van der Waals surface area contributed by atoms with Crippen molar-refractivity contribution >= 4 is 11.9 Å². The van der Waals surface area contributed by atoms with Gasteiger partial charge < -0.3 is 14.6 Å². The van der Waals surface area contributed by atoms with E-state index in [1.165, 1.54) is 24.5 Å². The molecule has 0 bridgehead atoms. The molecule has 1 saturated heterocycles. The largest absolute Gasteiger partial charge is 0.490 e. The Kier molecular flexibility index (Phi) is 2.99. The van der Waals surface area contributed by atoms with Gasteiger partial charge in [0.1, 0.15) is 0 Å². The van der Waals surface area contributed by atoms with Gasteiger partial charge in [-0.3, -0.25) is 4.79 Å². The zero-order chi connectivity index (χ0) is 14.3. The lowest BCUT2D eigenvalue weighted by atomic mass is 9.98. The van der Waals surface area contributed by atoms with E-state index in [0.29, 0.717) is 0 Å². The third kappa shape index (κ3) is 2.15. The molecule has 1 atom stereocenters. The molecule has 1 aliphatic heterocycles. The summed E-state index contributed by atoms with van der Waals surface area (Å²) in [6.07, 6.45) is -2.86. The summed E-state index contributed by atoms with van der Waals surface area (Å²) < 4.78 is 41.4. The molecule has 0 aromatic carbocycles. The number of aromatic amines is 1. The average molecular weight is 277 g/mol. The molecule has 1 N–H and O–H groups in total. The summed E-state index contributed by atoms with van der Waals surface area (Å²) >= 11 is 0. The van der Waals surface area contributed by atoms with Crippen molar-refractivity contribution in [3.8, 4) is 0 Å². The van der Waals surface area contributed by atoms with Crippen LogP contribution < -0.4 is 0 Å². The quantitative estimate of drug-likeness (QED) is 0.802. The number of amides is 1. The molecular weight excluding hydrogens is 267 g/mol. The number of alkyl halides is 3. The molecule has 19 heavy (non-hydrogen) atoms. The minimum Gasteiger partial charge on any atom is -0.436 e. The van der Waals surface area contributed by atoms with E-state index in [-0.39, 0.29) is 18.7 Å². The summed E-state index contributed by atoms with van der Waals surface area (Å²) in [5.74, 6) is -3.11. The fraction of sp³-hybridized carbons (Fsp3) is 0.500. The third-order valence-electron chi connectivity index (χ3n) is 2.92. The Hall–Kier alpha value is -2.06. The number of halogens is 3. The van der Waals surface area contributed by atoms with Gasteiger partial charge in [0.15, 0.2) is 0 Å². The predicted octanol–water partition coefficient (Wildman–Crippen LogP) is 0.573. The molecule has 1 unspecified atom stereocenters. The Bertz CT molecular complexity index is 500. The molecule has 1 amide bonds. The van der Waals surface area contributed by atoms with Gasteiger partial charge in [0, 0.05) is 20.0 Å². The zero-order valence-electron chi connectivity index (χ0n) is 9.82. The average Bonchev–Trinajstić information content (AvgIpc) is 2.92. The molecule has 1 aliphatic rings. The van der Waals surface area contributed by atoms with Gasteiger partial charge in [0.2, 0.25) is 5.60 Å². The number of likely N-dealkylation sites (N-methyl/N-ethyl adjacent to an activating group) is 1. The van der Waals surface area contributed by atoms with Crippen molar-refractivity contribution in [2.75, 3.05) is 13.6 Å². The Morgan fingerprint density at radius 3 is 2.68 bits per heavy atom. The highest BCUT2D eigenvalue weighted by Crippen LogP contribution is 2.37. The number of carbonyl (C=O) groups excluding carboxylic acids is 2. The number of esters is 1. The fourth-order valence-electron chi connectivity index (χ4n) is 1.93. The van der Waals surface area contributed by atoms with Crippen molar-refractivity contribution in [3.05, 3.63) is 18.2 Å². The molecular formula is C10H10F3N3O3. The van der Waals surface area contributed by atoms with Crippen molar-refractivity contribution in [2.24, 2.45) is 0 Å². The van der Waals surface area contributed by atoms with Gasteiger partial charge in [0.25, 0.3) is 5.91 Å². The van der Waals surface area contributed by atoms with Gasteiger partial charge in [-0.2, -0.15) is 13.2 Å². The van der Waals surface area contributed by atoms with Crippen LogP contribution in [0.2, 0.25) is 0 Å². The number of nitrogens with zero attached hydrogens (tertiary/aromatic N) is 2. The first-order valence-electron chi connectivity index (χ1n) is 5.32. The van der Waals surface area contributed by atoms with Crippen molar-refractivity contribution in [1.29, 1.82) is 0 Å². The Labute approximate surface area is 105 Å². The van der Waals surface area contributed by atoms with E-state index in [2.05, 4.69) is 14.7 Å². The summed E-state index contributed by atoms with van der Waals surface area (Å²) in [7, 11) is 1.42. The first kappa shape index (κ1) is 13.4. The molecule has 2 rings (SSSR count). The number of H-pyrrole nitrogens is 1. The number of carbonyl (C=O) groups is 2. The van der Waals surface area contributed by atoms with Crippen LogP contribution >= 0.6 is 0 Å². The minimum absolute atomic E-state index is 0.0273. The highest BCUT2D eigenvalue weighted by atomic mass is 19.4. The maximum Gasteiger partial charge on any atom is 0.490 e. The highest BCUT2D eigenvalue weighted by Gasteiger charge is 2.55. The van der Waals surface area contributed by atoms with Crippen LogP contribution in [0.3, 0.4) is 0 Å². The van der Waals surface area contributed by atoms with E-state index in [1.54, 1.807) is 0 Å². The van der Waals surface area contributed by atoms with Gasteiger partial charge in [-0.1, -0.05) is 0 Å². The molecule has 2 heterocycles. The second kappa shape index (κ2) is 4.25. The van der Waals surface area contributed by atoms with Crippen LogP contribution in [0.4, 0.5) is 13.2 Å². The van der Waals surface area contributed by atoms with Crippen LogP contribution in [0.1, 0.15) is 12.1 Å². The van der Waals surface area contributed by atoms with Gasteiger partial charge in [-0.05, 0) is 0 Å². The summed E-state index contributed by atoms with van der Waals surface area (Å²) in [5.41, 5.74) is -1.95. The van der Waals surface area contributed by atoms with Crippen LogP contribution in [0.15, 0.2) is 12.5 Å². The Morgan fingerprint density at radius 2 is 2.26 bits per heavy atom. The second-order valence-electron chi connectivity index (χ2n) is 4.16. The van der Waals surface area contributed by atoms with E-state index >= 15 is 0 Å². The van der Waals surface area contributed by atoms with Crippen molar-refractivity contribution in [1.82, 2.24) is 14.9 Å². The summed E-state index contributed by atoms with van der Waals surface area (Å²) in [6, 6.07) is 0. The van der Waals surface area contributed by atoms with Gasteiger partial charge >= 0.3 is 12.1 Å². The van der Waals surface area contributed by atoms with E-state index < -0.39 is 23.7 Å². The number of aromatic nitrogens is 2. The van der Waals surface area contributed by atoms with Gasteiger partial charge in [-0.25, -0.2) is 9.78 Å². The Balaban J connectivity index is 2.38. The lowest BCUT2D eigenvalue weighted by molar-refractivity contribution is -0.215. The molecule has 1 fully saturated rings. The standard InChI is InChI=1S/C10H10F3N3O3/c1-16-3-2-9(7(16)17,6-4-14-5-15-6)19-8(18)10(11,12)13/h4-5H,2-3H2,1H3,(H,14,15). The van der Waals surface area contributed by atoms with Crippen LogP contribution in [-0.2, 0) is 19.9 Å². The summed E-state index contributed by atoms with van der Waals surface area (Å²) in [4.78, 5) is 30.4. The van der Waals surface area contributed by atoms with E-state index in [4.69, 9.17) is 0 Å². The number of hydrogen-bond acceptors (Lipinski definition) is 4. The van der Waals surface area contributed by atoms with Gasteiger partial charge in [0.05, 0.1) is 18.2 Å². The van der Waals surface area contributed by atoms with Crippen LogP contribution in [0.5, 0.6) is 0 Å². The van der Waals surface area contributed by atoms with Crippen LogP contribution in [-0.4, -0.2) is 46.5 Å². The molecule has 104 valence electrons. The molecule has 0 saturated carbocycles. The van der Waals surface area contributed by atoms with Crippen molar-refractivity contribution in [3.63, 3.8) is 0 Å². The van der Waals surface area contributed by atoms with E-state index in [0.717, 1.165) is 0 Å². The maximum absolute atomic E-state index is 12.3. The van der Waals surface area contributed by atoms with Crippen molar-refractivity contribution < 1.29 is 27.5 Å². The van der Waals surface area contributed by atoms with Gasteiger partial charge in [-0.15, -0.1) is 0 Å². The molecule has 0 aliphatic carbocycles. The van der Waals surface area contributed by atoms with Crippen LogP contribution in [0.25, 0.3) is 0 Å². The summed E-state index contributed by atoms with van der Waals surface area (Å²) in [5, 5.41) is 0. The molecule has 1 aromatic rings. The topological polar surface area (TPSA) is 75.3 Å². The molecule has 0 spiro atoms. The summed E-state index contributed by atoms with van der Waals surface area (Å²) in [6.45, 7) is 0.184. The first-order chi connectivity index (χ1) is 8.77. The number of nitrogens with one attached hydrogen (secondary N) is 1. The molecule has 9 heteroatoms. The molecule has 6 nitrogen and oxygen atoms in total. The fourth-order valence-corrected chi connectivity index (χ4v) is 1.93. The lowest BCUT2D eigenvalue weighted by Gasteiger charge is -2.26. The SMILES string of the molecule is CN1CCC(OC(=O)C(F)(F)F)(c2cnc[nH]2)C1=O. The number of likely N-dealkylation sites (tertiary alicyclic amines) is 1. The zero-order valence-corrected chi connectivity index (χ0v) is 9.82. The number of ether oxygens (including phenoxy) is 1. The highest BCUT2D eigenvalue weighted by molar-refractivity contribution is 5.91.